The second-order valence-corrected chi connectivity index (χ2v) is 7.44. The highest BCUT2D eigenvalue weighted by atomic mass is 16.3. The number of aromatic nitrogens is 2. The number of nitrogens with zero attached hydrogens (tertiary/aromatic N) is 1. The Morgan fingerprint density at radius 2 is 2.00 bits per heavy atom. The van der Waals surface area contributed by atoms with Crippen LogP contribution in [0.2, 0.25) is 0 Å². The Morgan fingerprint density at radius 1 is 1.21 bits per heavy atom. The first-order valence-electron chi connectivity index (χ1n) is 10.2. The van der Waals surface area contributed by atoms with Gasteiger partial charge in [0.2, 0.25) is 5.91 Å². The molecular formula is C21H29N5O3. The minimum atomic E-state index is -0.459. The standard InChI is InChI=1S/C21H29N5O3/c27-13-17(10-16-11-22-14-24-16)25-21(29)18-8-4-5-9-19(18)26-20(28)12-23-15-6-2-1-3-7-15/h4-5,8-9,11,14-15,17,23,27H,1-3,6-7,10,12-13H2,(H,22,24)(H,25,29)(H,26,28)/t17-/m0/s1. The van der Waals surface area contributed by atoms with E-state index in [1.165, 1.54) is 19.3 Å². The van der Waals surface area contributed by atoms with E-state index in [9.17, 15) is 14.7 Å². The van der Waals surface area contributed by atoms with Gasteiger partial charge in [-0.3, -0.25) is 9.59 Å². The SMILES string of the molecule is O=C(CNC1CCCCC1)Nc1ccccc1C(=O)N[C@H](CO)Cc1cnc[nH]1. The van der Waals surface area contributed by atoms with Crippen molar-refractivity contribution in [1.82, 2.24) is 20.6 Å². The van der Waals surface area contributed by atoms with Crippen molar-refractivity contribution < 1.29 is 14.7 Å². The largest absolute Gasteiger partial charge is 0.394 e. The molecule has 0 radical (unpaired) electrons. The quantitative estimate of drug-likeness (QED) is 0.439. The fourth-order valence-corrected chi connectivity index (χ4v) is 3.61. The third-order valence-corrected chi connectivity index (χ3v) is 5.18. The number of nitrogens with one attached hydrogen (secondary N) is 4. The molecule has 3 rings (SSSR count). The van der Waals surface area contributed by atoms with Crippen molar-refractivity contribution in [2.24, 2.45) is 0 Å². The van der Waals surface area contributed by atoms with Gasteiger partial charge in [-0.25, -0.2) is 4.98 Å². The fraction of sp³-hybridized carbons (Fsp3) is 0.476. The van der Waals surface area contributed by atoms with Crippen LogP contribution in [0.4, 0.5) is 5.69 Å². The Morgan fingerprint density at radius 3 is 2.72 bits per heavy atom. The maximum atomic E-state index is 12.7. The molecule has 0 spiro atoms. The van der Waals surface area contributed by atoms with E-state index in [0.717, 1.165) is 18.5 Å². The van der Waals surface area contributed by atoms with Crippen molar-refractivity contribution in [3.8, 4) is 0 Å². The van der Waals surface area contributed by atoms with Crippen LogP contribution in [0.25, 0.3) is 0 Å². The molecule has 1 aromatic heterocycles. The van der Waals surface area contributed by atoms with E-state index < -0.39 is 6.04 Å². The molecule has 1 aromatic carbocycles. The summed E-state index contributed by atoms with van der Waals surface area (Å²) in [6, 6.07) is 6.81. The van der Waals surface area contributed by atoms with Crippen molar-refractivity contribution >= 4 is 17.5 Å². The summed E-state index contributed by atoms with van der Waals surface area (Å²) in [7, 11) is 0. The highest BCUT2D eigenvalue weighted by Crippen LogP contribution is 2.18. The number of amides is 2. The maximum absolute atomic E-state index is 12.7. The van der Waals surface area contributed by atoms with Crippen LogP contribution in [0, 0.1) is 0 Å². The molecule has 1 aliphatic rings. The number of H-pyrrole nitrogens is 1. The summed E-state index contributed by atoms with van der Waals surface area (Å²) in [5, 5.41) is 18.5. The molecule has 1 aliphatic carbocycles. The number of carbonyl (C=O) groups excluding carboxylic acids is 2. The van der Waals surface area contributed by atoms with Gasteiger partial charge >= 0.3 is 0 Å². The Balaban J connectivity index is 1.56. The van der Waals surface area contributed by atoms with Crippen LogP contribution in [-0.4, -0.2) is 52.1 Å². The molecule has 1 atom stereocenters. The predicted molar refractivity (Wildman–Crippen MR) is 111 cm³/mol. The molecule has 1 saturated carbocycles. The van der Waals surface area contributed by atoms with Gasteiger partial charge in [-0.2, -0.15) is 0 Å². The van der Waals surface area contributed by atoms with Crippen LogP contribution in [0.5, 0.6) is 0 Å². The molecule has 1 fully saturated rings. The van der Waals surface area contributed by atoms with Gasteiger partial charge in [0, 0.05) is 24.4 Å². The summed E-state index contributed by atoms with van der Waals surface area (Å²) in [5.74, 6) is -0.522. The van der Waals surface area contributed by atoms with Crippen LogP contribution in [0.1, 0.15) is 48.2 Å². The number of aliphatic hydroxyl groups excluding tert-OH is 1. The van der Waals surface area contributed by atoms with E-state index in [4.69, 9.17) is 0 Å². The molecule has 8 nitrogen and oxygen atoms in total. The van der Waals surface area contributed by atoms with Crippen LogP contribution < -0.4 is 16.0 Å². The number of aliphatic hydroxyl groups is 1. The van der Waals surface area contributed by atoms with Crippen molar-refractivity contribution in [1.29, 1.82) is 0 Å². The summed E-state index contributed by atoms with van der Waals surface area (Å²) in [6.07, 6.45) is 9.51. The average Bonchev–Trinajstić information content (AvgIpc) is 3.26. The number of aromatic amines is 1. The van der Waals surface area contributed by atoms with Crippen molar-refractivity contribution in [2.45, 2.75) is 50.6 Å². The van der Waals surface area contributed by atoms with Gasteiger partial charge in [0.15, 0.2) is 0 Å². The van der Waals surface area contributed by atoms with Gasteiger partial charge in [0.25, 0.3) is 5.91 Å². The summed E-state index contributed by atoms with van der Waals surface area (Å²) in [5.41, 5.74) is 1.64. The molecule has 29 heavy (non-hydrogen) atoms. The zero-order valence-corrected chi connectivity index (χ0v) is 16.5. The van der Waals surface area contributed by atoms with E-state index >= 15 is 0 Å². The van der Waals surface area contributed by atoms with Crippen LogP contribution >= 0.6 is 0 Å². The molecule has 156 valence electrons. The molecule has 2 aromatic rings. The molecule has 0 unspecified atom stereocenters. The van der Waals surface area contributed by atoms with Crippen molar-refractivity contribution in [3.05, 3.63) is 48.0 Å². The number of imidazole rings is 1. The van der Waals surface area contributed by atoms with Crippen molar-refractivity contribution in [3.63, 3.8) is 0 Å². The lowest BCUT2D eigenvalue weighted by Crippen LogP contribution is -2.40. The third kappa shape index (κ3) is 6.40. The fourth-order valence-electron chi connectivity index (χ4n) is 3.61. The minimum absolute atomic E-state index is 0.174. The maximum Gasteiger partial charge on any atom is 0.253 e. The average molecular weight is 399 g/mol. The topological polar surface area (TPSA) is 119 Å². The number of hydrogen-bond acceptors (Lipinski definition) is 5. The third-order valence-electron chi connectivity index (χ3n) is 5.18. The summed E-state index contributed by atoms with van der Waals surface area (Å²) in [6.45, 7) is 0.0182. The lowest BCUT2D eigenvalue weighted by molar-refractivity contribution is -0.115. The van der Waals surface area contributed by atoms with Gasteiger partial charge in [-0.1, -0.05) is 31.4 Å². The number of anilines is 1. The predicted octanol–water partition coefficient (Wildman–Crippen LogP) is 1.60. The number of rotatable bonds is 9. The van der Waals surface area contributed by atoms with Gasteiger partial charge in [0.05, 0.1) is 36.8 Å². The molecule has 1 heterocycles. The number of carbonyl (C=O) groups is 2. The van der Waals surface area contributed by atoms with E-state index in [1.807, 2.05) is 0 Å². The minimum Gasteiger partial charge on any atom is -0.394 e. The first kappa shape index (κ1) is 21.0. The zero-order chi connectivity index (χ0) is 20.5. The second kappa shape index (κ2) is 10.7. The Hall–Kier alpha value is -2.71. The van der Waals surface area contributed by atoms with Crippen molar-refractivity contribution in [2.75, 3.05) is 18.5 Å². The van der Waals surface area contributed by atoms with E-state index in [0.29, 0.717) is 23.7 Å². The molecule has 5 N–H and O–H groups in total. The lowest BCUT2D eigenvalue weighted by atomic mass is 9.95. The number of benzene rings is 1. The molecule has 0 aliphatic heterocycles. The van der Waals surface area contributed by atoms with Gasteiger partial charge in [0.1, 0.15) is 0 Å². The zero-order valence-electron chi connectivity index (χ0n) is 16.5. The molecule has 2 amide bonds. The molecular weight excluding hydrogens is 370 g/mol. The van der Waals surface area contributed by atoms with E-state index in [-0.39, 0.29) is 25.0 Å². The monoisotopic (exact) mass is 399 g/mol. The molecule has 8 heteroatoms. The summed E-state index contributed by atoms with van der Waals surface area (Å²) < 4.78 is 0. The first-order valence-corrected chi connectivity index (χ1v) is 10.2. The van der Waals surface area contributed by atoms with E-state index in [1.54, 1.807) is 36.8 Å². The smallest absolute Gasteiger partial charge is 0.253 e. The molecule has 0 bridgehead atoms. The highest BCUT2D eigenvalue weighted by molar-refractivity contribution is 6.04. The Kier molecular flexibility index (Phi) is 7.77. The van der Waals surface area contributed by atoms with Crippen LogP contribution in [0.3, 0.4) is 0 Å². The van der Waals surface area contributed by atoms with Crippen LogP contribution in [0.15, 0.2) is 36.8 Å². The highest BCUT2D eigenvalue weighted by Gasteiger charge is 2.18. The lowest BCUT2D eigenvalue weighted by Gasteiger charge is -2.22. The van der Waals surface area contributed by atoms with Crippen LogP contribution in [-0.2, 0) is 11.2 Å². The number of hydrogen-bond donors (Lipinski definition) is 5. The summed E-state index contributed by atoms with van der Waals surface area (Å²) in [4.78, 5) is 32.0. The Bertz CT molecular complexity index is 787. The Labute approximate surface area is 170 Å². The number of para-hydroxylation sites is 1. The normalized spacial score (nSPS) is 15.6. The first-order chi connectivity index (χ1) is 14.2. The molecule has 0 saturated heterocycles. The second-order valence-electron chi connectivity index (χ2n) is 7.44. The van der Waals surface area contributed by atoms with E-state index in [2.05, 4.69) is 25.9 Å². The van der Waals surface area contributed by atoms with Gasteiger partial charge in [-0.15, -0.1) is 0 Å². The van der Waals surface area contributed by atoms with Gasteiger partial charge < -0.3 is 26.0 Å². The summed E-state index contributed by atoms with van der Waals surface area (Å²) >= 11 is 0. The van der Waals surface area contributed by atoms with Gasteiger partial charge in [-0.05, 0) is 25.0 Å².